The van der Waals surface area contributed by atoms with Crippen LogP contribution in [0.1, 0.15) is 18.9 Å². The second-order valence-corrected chi connectivity index (χ2v) is 5.24. The van der Waals surface area contributed by atoms with Crippen LogP contribution >= 0.6 is 15.9 Å². The molecule has 1 heterocycles. The fourth-order valence-corrected chi connectivity index (χ4v) is 1.92. The van der Waals surface area contributed by atoms with Crippen LogP contribution < -0.4 is 0 Å². The lowest BCUT2D eigenvalue weighted by atomic mass is 10.1. The number of aryl methyl sites for hydroxylation is 1. The fraction of sp³-hybridized carbons (Fsp3) is 0.333. The molecule has 1 N–H and O–H groups in total. The topological polar surface area (TPSA) is 15.8 Å². The summed E-state index contributed by atoms with van der Waals surface area (Å²) in [6.07, 6.45) is 4.44. The van der Waals surface area contributed by atoms with Crippen LogP contribution in [-0.2, 0) is 6.42 Å². The van der Waals surface area contributed by atoms with E-state index in [-0.39, 0.29) is 0 Å². The van der Waals surface area contributed by atoms with Crippen molar-refractivity contribution >= 4 is 26.8 Å². The van der Waals surface area contributed by atoms with E-state index in [0.29, 0.717) is 4.83 Å². The second-order valence-electron chi connectivity index (χ2n) is 3.68. The van der Waals surface area contributed by atoms with Gasteiger partial charge in [-0.25, -0.2) is 0 Å². The first-order chi connectivity index (χ1) is 6.77. The van der Waals surface area contributed by atoms with E-state index in [1.54, 1.807) is 0 Å². The summed E-state index contributed by atoms with van der Waals surface area (Å²) < 4.78 is 0. The zero-order valence-corrected chi connectivity index (χ0v) is 9.84. The average molecular weight is 252 g/mol. The Hall–Kier alpha value is -0.760. The fourth-order valence-electron chi connectivity index (χ4n) is 1.69. The van der Waals surface area contributed by atoms with E-state index in [1.165, 1.54) is 22.9 Å². The highest BCUT2D eigenvalue weighted by atomic mass is 79.9. The van der Waals surface area contributed by atoms with Gasteiger partial charge in [0.1, 0.15) is 0 Å². The summed E-state index contributed by atoms with van der Waals surface area (Å²) in [6, 6.07) is 8.46. The van der Waals surface area contributed by atoms with E-state index in [0.717, 1.165) is 6.42 Å². The van der Waals surface area contributed by atoms with Crippen LogP contribution in [0.15, 0.2) is 30.5 Å². The molecule has 0 fully saturated rings. The summed E-state index contributed by atoms with van der Waals surface area (Å²) in [4.78, 5) is 3.89. The molecule has 1 unspecified atom stereocenters. The SMILES string of the molecule is CC(Br)CCc1c[nH]c2ccccc12. The molecule has 0 aliphatic carbocycles. The van der Waals surface area contributed by atoms with E-state index in [2.05, 4.69) is 58.3 Å². The zero-order valence-electron chi connectivity index (χ0n) is 8.26. The number of benzene rings is 1. The quantitative estimate of drug-likeness (QED) is 0.798. The third-order valence-electron chi connectivity index (χ3n) is 2.49. The van der Waals surface area contributed by atoms with E-state index >= 15 is 0 Å². The number of aromatic nitrogens is 1. The maximum atomic E-state index is 3.57. The number of nitrogens with one attached hydrogen (secondary N) is 1. The van der Waals surface area contributed by atoms with Crippen LogP contribution in [0.4, 0.5) is 0 Å². The van der Waals surface area contributed by atoms with Gasteiger partial charge in [0.2, 0.25) is 0 Å². The molecule has 1 nitrogen and oxygen atoms in total. The molecule has 1 aromatic heterocycles. The largest absolute Gasteiger partial charge is 0.361 e. The number of halogens is 1. The van der Waals surface area contributed by atoms with Crippen LogP contribution in [0.5, 0.6) is 0 Å². The number of para-hydroxylation sites is 1. The monoisotopic (exact) mass is 251 g/mol. The van der Waals surface area contributed by atoms with Gasteiger partial charge in [-0.15, -0.1) is 0 Å². The minimum absolute atomic E-state index is 0.594. The van der Waals surface area contributed by atoms with Crippen molar-refractivity contribution in [1.29, 1.82) is 0 Å². The highest BCUT2D eigenvalue weighted by Gasteiger charge is 2.03. The lowest BCUT2D eigenvalue weighted by molar-refractivity contribution is 0.826. The van der Waals surface area contributed by atoms with Crippen molar-refractivity contribution in [3.63, 3.8) is 0 Å². The number of aromatic amines is 1. The summed E-state index contributed by atoms with van der Waals surface area (Å²) in [5.74, 6) is 0. The summed E-state index contributed by atoms with van der Waals surface area (Å²) in [7, 11) is 0. The number of H-pyrrole nitrogens is 1. The van der Waals surface area contributed by atoms with Gasteiger partial charge in [-0.3, -0.25) is 0 Å². The number of hydrogen-bond acceptors (Lipinski definition) is 0. The number of hydrogen-bond donors (Lipinski definition) is 1. The lowest BCUT2D eigenvalue weighted by Gasteiger charge is -2.01. The van der Waals surface area contributed by atoms with Crippen LogP contribution in [-0.4, -0.2) is 9.81 Å². The van der Waals surface area contributed by atoms with Crippen molar-refractivity contribution in [1.82, 2.24) is 4.98 Å². The molecular weight excluding hydrogens is 238 g/mol. The maximum absolute atomic E-state index is 3.57. The van der Waals surface area contributed by atoms with Crippen molar-refractivity contribution in [2.45, 2.75) is 24.6 Å². The maximum Gasteiger partial charge on any atom is 0.0456 e. The Bertz CT molecular complexity index is 417. The Morgan fingerprint density at radius 1 is 1.36 bits per heavy atom. The van der Waals surface area contributed by atoms with Gasteiger partial charge in [-0.1, -0.05) is 41.1 Å². The minimum atomic E-state index is 0.594. The third kappa shape index (κ3) is 2.01. The van der Waals surface area contributed by atoms with E-state index in [1.807, 2.05) is 0 Å². The van der Waals surface area contributed by atoms with Gasteiger partial charge in [0.15, 0.2) is 0 Å². The normalized spacial score (nSPS) is 13.3. The Labute approximate surface area is 92.6 Å². The van der Waals surface area contributed by atoms with Crippen LogP contribution in [0.25, 0.3) is 10.9 Å². The first kappa shape index (κ1) is 9.78. The van der Waals surface area contributed by atoms with Crippen molar-refractivity contribution in [2.75, 3.05) is 0 Å². The van der Waals surface area contributed by atoms with Crippen LogP contribution in [0.2, 0.25) is 0 Å². The Morgan fingerprint density at radius 2 is 2.14 bits per heavy atom. The summed E-state index contributed by atoms with van der Waals surface area (Å²) >= 11 is 3.57. The molecule has 74 valence electrons. The van der Waals surface area contributed by atoms with Crippen molar-refractivity contribution < 1.29 is 0 Å². The highest BCUT2D eigenvalue weighted by Crippen LogP contribution is 2.20. The molecule has 14 heavy (non-hydrogen) atoms. The summed E-state index contributed by atoms with van der Waals surface area (Å²) in [5.41, 5.74) is 2.66. The lowest BCUT2D eigenvalue weighted by Crippen LogP contribution is -1.92. The summed E-state index contributed by atoms with van der Waals surface area (Å²) in [6.45, 7) is 2.19. The van der Waals surface area contributed by atoms with Gasteiger partial charge in [0.25, 0.3) is 0 Å². The Balaban J connectivity index is 2.25. The van der Waals surface area contributed by atoms with Crippen molar-refractivity contribution in [3.8, 4) is 0 Å². The molecule has 2 rings (SSSR count). The molecule has 0 spiro atoms. The molecule has 1 aromatic carbocycles. The molecule has 2 aromatic rings. The molecule has 0 saturated carbocycles. The molecule has 0 amide bonds. The number of rotatable bonds is 3. The molecular formula is C12H14BrN. The molecule has 0 radical (unpaired) electrons. The second kappa shape index (κ2) is 4.18. The first-order valence-corrected chi connectivity index (χ1v) is 5.88. The zero-order chi connectivity index (χ0) is 9.97. The van der Waals surface area contributed by atoms with Gasteiger partial charge >= 0.3 is 0 Å². The highest BCUT2D eigenvalue weighted by molar-refractivity contribution is 9.09. The van der Waals surface area contributed by atoms with Crippen molar-refractivity contribution in [2.24, 2.45) is 0 Å². The molecule has 0 aliphatic rings. The molecule has 0 bridgehead atoms. The minimum Gasteiger partial charge on any atom is -0.361 e. The van der Waals surface area contributed by atoms with Gasteiger partial charge in [-0.2, -0.15) is 0 Å². The van der Waals surface area contributed by atoms with Gasteiger partial charge < -0.3 is 4.98 Å². The predicted octanol–water partition coefficient (Wildman–Crippen LogP) is 3.88. The summed E-state index contributed by atoms with van der Waals surface area (Å²) in [5, 5.41) is 1.36. The Morgan fingerprint density at radius 3 is 2.93 bits per heavy atom. The molecule has 0 saturated heterocycles. The van der Waals surface area contributed by atoms with Crippen LogP contribution in [0.3, 0.4) is 0 Å². The van der Waals surface area contributed by atoms with E-state index in [4.69, 9.17) is 0 Å². The van der Waals surface area contributed by atoms with Crippen molar-refractivity contribution in [3.05, 3.63) is 36.0 Å². The van der Waals surface area contributed by atoms with Gasteiger partial charge in [0, 0.05) is 21.9 Å². The van der Waals surface area contributed by atoms with E-state index in [9.17, 15) is 0 Å². The average Bonchev–Trinajstić information content (AvgIpc) is 2.58. The standard InChI is InChI=1S/C12H14BrN/c1-9(13)6-7-10-8-14-12-5-3-2-4-11(10)12/h2-5,8-9,14H,6-7H2,1H3. The molecule has 2 heteroatoms. The third-order valence-corrected chi connectivity index (χ3v) is 2.94. The van der Waals surface area contributed by atoms with Gasteiger partial charge in [-0.05, 0) is 24.5 Å². The Kier molecular flexibility index (Phi) is 2.92. The number of alkyl halides is 1. The van der Waals surface area contributed by atoms with Gasteiger partial charge in [0.05, 0.1) is 0 Å². The molecule has 0 aliphatic heterocycles. The van der Waals surface area contributed by atoms with E-state index < -0.39 is 0 Å². The number of fused-ring (bicyclic) bond motifs is 1. The molecule has 1 atom stereocenters. The van der Waals surface area contributed by atoms with Crippen LogP contribution in [0, 0.1) is 0 Å². The first-order valence-electron chi connectivity index (χ1n) is 4.96. The smallest absolute Gasteiger partial charge is 0.0456 e. The predicted molar refractivity (Wildman–Crippen MR) is 65.0 cm³/mol.